The molecule has 0 unspecified atom stereocenters. The number of halogens is 3. The van der Waals surface area contributed by atoms with Gasteiger partial charge in [0.1, 0.15) is 10.8 Å². The summed E-state index contributed by atoms with van der Waals surface area (Å²) in [6.45, 7) is 2.75. The van der Waals surface area contributed by atoms with Crippen LogP contribution in [0.1, 0.15) is 43.0 Å². The van der Waals surface area contributed by atoms with Crippen LogP contribution < -0.4 is 5.32 Å². The molecule has 1 N–H and O–H groups in total. The van der Waals surface area contributed by atoms with Crippen LogP contribution in [0.2, 0.25) is 5.02 Å². The molecule has 0 radical (unpaired) electrons. The van der Waals surface area contributed by atoms with E-state index in [-0.39, 0.29) is 5.56 Å². The van der Waals surface area contributed by atoms with Crippen LogP contribution in [0.25, 0.3) is 0 Å². The van der Waals surface area contributed by atoms with Crippen molar-refractivity contribution >= 4 is 17.5 Å². The van der Waals surface area contributed by atoms with Gasteiger partial charge < -0.3 is 5.32 Å². The van der Waals surface area contributed by atoms with Gasteiger partial charge in [-0.05, 0) is 36.8 Å². The molecule has 1 aliphatic carbocycles. The molecular formula is C15H18ClF2NO. The summed E-state index contributed by atoms with van der Waals surface area (Å²) in [6.07, 6.45) is 4.48. The van der Waals surface area contributed by atoms with Crippen molar-refractivity contribution < 1.29 is 13.6 Å². The SMILES string of the molecule is CC1CCC(CNC(=O)c2ccc(F)c(Cl)c2F)CC1. The molecule has 2 nitrogen and oxygen atoms in total. The molecule has 1 aromatic rings. The van der Waals surface area contributed by atoms with Crippen molar-refractivity contribution in [1.29, 1.82) is 0 Å². The normalized spacial score (nSPS) is 22.6. The second kappa shape index (κ2) is 6.53. The van der Waals surface area contributed by atoms with Gasteiger partial charge in [-0.15, -0.1) is 0 Å². The number of hydrogen-bond acceptors (Lipinski definition) is 1. The molecule has 0 aliphatic heterocycles. The molecule has 1 saturated carbocycles. The highest BCUT2D eigenvalue weighted by atomic mass is 35.5. The summed E-state index contributed by atoms with van der Waals surface area (Å²) >= 11 is 5.46. The minimum absolute atomic E-state index is 0.208. The van der Waals surface area contributed by atoms with Gasteiger partial charge in [0.25, 0.3) is 5.91 Å². The first-order chi connectivity index (χ1) is 9.49. The van der Waals surface area contributed by atoms with Gasteiger partial charge in [0.05, 0.1) is 5.56 Å². The third-order valence-electron chi connectivity index (χ3n) is 3.97. The summed E-state index contributed by atoms with van der Waals surface area (Å²) < 4.78 is 26.7. The molecule has 0 aromatic heterocycles. The van der Waals surface area contributed by atoms with Crippen molar-refractivity contribution in [3.8, 4) is 0 Å². The number of carbonyl (C=O) groups is 1. The Morgan fingerprint density at radius 3 is 2.60 bits per heavy atom. The summed E-state index contributed by atoms with van der Waals surface area (Å²) in [7, 11) is 0. The van der Waals surface area contributed by atoms with Gasteiger partial charge in [-0.25, -0.2) is 8.78 Å². The number of hydrogen-bond donors (Lipinski definition) is 1. The van der Waals surface area contributed by atoms with Crippen LogP contribution in [-0.4, -0.2) is 12.5 Å². The predicted molar refractivity (Wildman–Crippen MR) is 74.8 cm³/mol. The Labute approximate surface area is 122 Å². The molecule has 1 aliphatic rings. The van der Waals surface area contributed by atoms with Crippen molar-refractivity contribution in [3.05, 3.63) is 34.4 Å². The van der Waals surface area contributed by atoms with Crippen molar-refractivity contribution in [2.75, 3.05) is 6.54 Å². The number of nitrogens with one attached hydrogen (secondary N) is 1. The van der Waals surface area contributed by atoms with Crippen LogP contribution in [0.3, 0.4) is 0 Å². The maximum absolute atomic E-state index is 13.7. The van der Waals surface area contributed by atoms with Crippen molar-refractivity contribution in [3.63, 3.8) is 0 Å². The van der Waals surface area contributed by atoms with Crippen LogP contribution in [-0.2, 0) is 0 Å². The average molecular weight is 302 g/mol. The quantitative estimate of drug-likeness (QED) is 0.834. The number of amides is 1. The second-order valence-corrected chi connectivity index (χ2v) is 5.94. The molecule has 0 bridgehead atoms. The lowest BCUT2D eigenvalue weighted by molar-refractivity contribution is 0.0937. The molecule has 0 heterocycles. The Morgan fingerprint density at radius 1 is 1.30 bits per heavy atom. The van der Waals surface area contributed by atoms with E-state index in [1.165, 1.54) is 0 Å². The first kappa shape index (κ1) is 15.2. The summed E-state index contributed by atoms with van der Waals surface area (Å²) in [6, 6.07) is 2.12. The maximum atomic E-state index is 13.7. The van der Waals surface area contributed by atoms with Gasteiger partial charge in [0.2, 0.25) is 0 Å². The lowest BCUT2D eigenvalue weighted by atomic mass is 9.83. The largest absolute Gasteiger partial charge is 0.352 e. The van der Waals surface area contributed by atoms with Gasteiger partial charge in [-0.2, -0.15) is 0 Å². The molecule has 0 atom stereocenters. The molecule has 0 spiro atoms. The van der Waals surface area contributed by atoms with Crippen LogP contribution in [0.4, 0.5) is 8.78 Å². The summed E-state index contributed by atoms with van der Waals surface area (Å²) in [5, 5.41) is 2.08. The van der Waals surface area contributed by atoms with E-state index in [0.29, 0.717) is 12.5 Å². The summed E-state index contributed by atoms with van der Waals surface area (Å²) in [4.78, 5) is 11.9. The van der Waals surface area contributed by atoms with Gasteiger partial charge in [0, 0.05) is 6.54 Å². The highest BCUT2D eigenvalue weighted by Crippen LogP contribution is 2.28. The Morgan fingerprint density at radius 2 is 1.95 bits per heavy atom. The third kappa shape index (κ3) is 3.48. The fourth-order valence-corrected chi connectivity index (χ4v) is 2.73. The molecule has 1 fully saturated rings. The first-order valence-corrected chi connectivity index (χ1v) is 7.28. The zero-order valence-electron chi connectivity index (χ0n) is 11.4. The Bertz CT molecular complexity index is 499. The van der Waals surface area contributed by atoms with E-state index in [4.69, 9.17) is 11.6 Å². The minimum atomic E-state index is -0.999. The lowest BCUT2D eigenvalue weighted by Gasteiger charge is -2.26. The fraction of sp³-hybridized carbons (Fsp3) is 0.533. The van der Waals surface area contributed by atoms with E-state index in [2.05, 4.69) is 12.2 Å². The molecule has 2 rings (SSSR count). The van der Waals surface area contributed by atoms with Crippen LogP contribution in [0.5, 0.6) is 0 Å². The van der Waals surface area contributed by atoms with E-state index in [1.54, 1.807) is 0 Å². The molecule has 20 heavy (non-hydrogen) atoms. The molecule has 1 amide bonds. The topological polar surface area (TPSA) is 29.1 Å². The average Bonchev–Trinajstić information content (AvgIpc) is 2.44. The Kier molecular flexibility index (Phi) is 4.97. The lowest BCUT2D eigenvalue weighted by Crippen LogP contribution is -2.31. The first-order valence-electron chi connectivity index (χ1n) is 6.90. The minimum Gasteiger partial charge on any atom is -0.352 e. The molecular weight excluding hydrogens is 284 g/mol. The van der Waals surface area contributed by atoms with Crippen LogP contribution >= 0.6 is 11.6 Å². The Balaban J connectivity index is 1.94. The zero-order chi connectivity index (χ0) is 14.7. The van der Waals surface area contributed by atoms with Gasteiger partial charge in [-0.1, -0.05) is 31.4 Å². The maximum Gasteiger partial charge on any atom is 0.254 e. The Hall–Kier alpha value is -1.16. The second-order valence-electron chi connectivity index (χ2n) is 5.56. The monoisotopic (exact) mass is 301 g/mol. The smallest absolute Gasteiger partial charge is 0.254 e. The van der Waals surface area contributed by atoms with Crippen LogP contribution in [0, 0.1) is 23.5 Å². The molecule has 110 valence electrons. The van der Waals surface area contributed by atoms with E-state index in [9.17, 15) is 13.6 Å². The van der Waals surface area contributed by atoms with E-state index < -0.39 is 22.6 Å². The molecule has 1 aromatic carbocycles. The third-order valence-corrected chi connectivity index (χ3v) is 4.31. The van der Waals surface area contributed by atoms with E-state index in [1.807, 2.05) is 0 Å². The van der Waals surface area contributed by atoms with Crippen molar-refractivity contribution in [2.45, 2.75) is 32.6 Å². The van der Waals surface area contributed by atoms with E-state index in [0.717, 1.165) is 43.7 Å². The highest BCUT2D eigenvalue weighted by molar-refractivity contribution is 6.31. The van der Waals surface area contributed by atoms with Gasteiger partial charge in [0.15, 0.2) is 5.82 Å². The fourth-order valence-electron chi connectivity index (χ4n) is 2.57. The molecule has 5 heteroatoms. The summed E-state index contributed by atoms with van der Waals surface area (Å²) in [5.74, 6) is -1.21. The highest BCUT2D eigenvalue weighted by Gasteiger charge is 2.21. The molecule has 0 saturated heterocycles. The standard InChI is InChI=1S/C15H18ClF2NO/c1-9-2-4-10(5-3-9)8-19-15(20)11-6-7-12(17)13(16)14(11)18/h6-7,9-10H,2-5,8H2,1H3,(H,19,20). The number of carbonyl (C=O) groups excluding carboxylic acids is 1. The van der Waals surface area contributed by atoms with Gasteiger partial charge in [-0.3, -0.25) is 4.79 Å². The van der Waals surface area contributed by atoms with E-state index >= 15 is 0 Å². The van der Waals surface area contributed by atoms with Crippen molar-refractivity contribution in [2.24, 2.45) is 11.8 Å². The number of rotatable bonds is 3. The summed E-state index contributed by atoms with van der Waals surface area (Å²) in [5.41, 5.74) is -0.208. The predicted octanol–water partition coefficient (Wildman–Crippen LogP) is 4.17. The van der Waals surface area contributed by atoms with Crippen LogP contribution in [0.15, 0.2) is 12.1 Å². The zero-order valence-corrected chi connectivity index (χ0v) is 12.1. The number of benzene rings is 1. The van der Waals surface area contributed by atoms with Gasteiger partial charge >= 0.3 is 0 Å². The van der Waals surface area contributed by atoms with Crippen molar-refractivity contribution in [1.82, 2.24) is 5.32 Å².